The molecule has 0 atom stereocenters. The van der Waals surface area contributed by atoms with Crippen LogP contribution in [0.1, 0.15) is 18.5 Å². The lowest BCUT2D eigenvalue weighted by atomic mass is 10.0. The monoisotopic (exact) mass is 266 g/mol. The topological polar surface area (TPSA) is 56.0 Å². The number of pyridine rings is 1. The van der Waals surface area contributed by atoms with Crippen LogP contribution in [0.5, 0.6) is 0 Å². The van der Waals surface area contributed by atoms with E-state index in [0.29, 0.717) is 10.2 Å². The maximum absolute atomic E-state index is 10.8. The van der Waals surface area contributed by atoms with Gasteiger partial charge in [-0.2, -0.15) is 0 Å². The minimum absolute atomic E-state index is 0.000162. The molecule has 4 nitrogen and oxygen atoms in total. The van der Waals surface area contributed by atoms with Gasteiger partial charge in [0.25, 0.3) is 5.69 Å². The fraction of sp³-hybridized carbons (Fsp3) is 0.300. The largest absolute Gasteiger partial charge is 0.293 e. The lowest BCUT2D eigenvalue weighted by Gasteiger charge is -2.07. The number of nitrogens with zero attached hydrogens (tertiary/aromatic N) is 2. The second-order valence-corrected chi connectivity index (χ2v) is 4.42. The first-order chi connectivity index (χ1) is 7.09. The Morgan fingerprint density at radius 3 is 2.80 bits per heavy atom. The van der Waals surface area contributed by atoms with Crippen molar-refractivity contribution < 1.29 is 4.92 Å². The molecule has 2 rings (SSSR count). The Hall–Kier alpha value is -1.41. The molecule has 5 heteroatoms. The number of hydrogen-bond acceptors (Lipinski definition) is 3. The first-order valence-electron chi connectivity index (χ1n) is 4.37. The highest BCUT2D eigenvalue weighted by Gasteiger charge is 2.48. The van der Waals surface area contributed by atoms with E-state index in [1.165, 1.54) is 6.07 Å². The second-order valence-electron chi connectivity index (χ2n) is 3.50. The Morgan fingerprint density at radius 1 is 1.67 bits per heavy atom. The summed E-state index contributed by atoms with van der Waals surface area (Å²) in [4.78, 5) is 14.5. The molecule has 1 aromatic heterocycles. The van der Waals surface area contributed by atoms with Gasteiger partial charge in [-0.25, -0.2) is 0 Å². The molecular weight excluding hydrogens is 260 g/mol. The van der Waals surface area contributed by atoms with Gasteiger partial charge in [0.1, 0.15) is 5.69 Å². The second kappa shape index (κ2) is 3.31. The molecule has 15 heavy (non-hydrogen) atoms. The third-order valence-electron chi connectivity index (χ3n) is 2.51. The summed E-state index contributed by atoms with van der Waals surface area (Å²) in [5.74, 6) is 2.60. The summed E-state index contributed by atoms with van der Waals surface area (Å²) in [6, 6.07) is 1.44. The van der Waals surface area contributed by atoms with Crippen molar-refractivity contribution in [2.24, 2.45) is 0 Å². The van der Waals surface area contributed by atoms with Gasteiger partial charge >= 0.3 is 0 Å². The molecule has 0 aromatic carbocycles. The van der Waals surface area contributed by atoms with Gasteiger partial charge in [0.15, 0.2) is 0 Å². The summed E-state index contributed by atoms with van der Waals surface area (Å²) >= 11 is 3.16. The first-order valence-corrected chi connectivity index (χ1v) is 5.16. The molecule has 0 N–H and O–H groups in total. The van der Waals surface area contributed by atoms with E-state index in [2.05, 4.69) is 26.8 Å². The van der Waals surface area contributed by atoms with Crippen LogP contribution in [0.2, 0.25) is 0 Å². The molecule has 0 aliphatic heterocycles. The molecule has 76 valence electrons. The van der Waals surface area contributed by atoms with E-state index >= 15 is 0 Å². The van der Waals surface area contributed by atoms with Crippen molar-refractivity contribution in [2.45, 2.75) is 18.3 Å². The van der Waals surface area contributed by atoms with E-state index in [1.807, 2.05) is 0 Å². The van der Waals surface area contributed by atoms with Crippen LogP contribution < -0.4 is 0 Å². The van der Waals surface area contributed by atoms with E-state index in [9.17, 15) is 10.1 Å². The molecule has 1 saturated carbocycles. The zero-order valence-corrected chi connectivity index (χ0v) is 9.32. The van der Waals surface area contributed by atoms with Gasteiger partial charge in [0, 0.05) is 16.7 Å². The van der Waals surface area contributed by atoms with Crippen LogP contribution in [-0.2, 0) is 5.41 Å². The van der Waals surface area contributed by atoms with Crippen molar-refractivity contribution in [2.75, 3.05) is 0 Å². The zero-order chi connectivity index (χ0) is 11.1. The Labute approximate surface area is 95.0 Å². The van der Waals surface area contributed by atoms with Crippen molar-refractivity contribution in [3.05, 3.63) is 32.5 Å². The maximum atomic E-state index is 10.8. The van der Waals surface area contributed by atoms with Crippen LogP contribution in [0.4, 0.5) is 5.69 Å². The first kappa shape index (κ1) is 10.1. The summed E-state index contributed by atoms with van der Waals surface area (Å²) in [5, 5.41) is 10.8. The molecular formula is C10H7BrN2O2. The lowest BCUT2D eigenvalue weighted by Crippen LogP contribution is -2.09. The van der Waals surface area contributed by atoms with Crippen LogP contribution >= 0.6 is 15.9 Å². The van der Waals surface area contributed by atoms with Gasteiger partial charge in [-0.15, -0.1) is 6.42 Å². The maximum Gasteiger partial charge on any atom is 0.293 e. The molecule has 1 aromatic rings. The van der Waals surface area contributed by atoms with Gasteiger partial charge in [-0.1, -0.05) is 5.92 Å². The highest BCUT2D eigenvalue weighted by atomic mass is 79.9. The number of hydrogen-bond donors (Lipinski definition) is 0. The van der Waals surface area contributed by atoms with E-state index < -0.39 is 10.3 Å². The van der Waals surface area contributed by atoms with Gasteiger partial charge in [0.2, 0.25) is 0 Å². The van der Waals surface area contributed by atoms with E-state index in [0.717, 1.165) is 12.8 Å². The van der Waals surface area contributed by atoms with Crippen LogP contribution in [0, 0.1) is 22.5 Å². The normalized spacial score (nSPS) is 16.8. The molecule has 0 saturated heterocycles. The molecule has 1 aliphatic carbocycles. The summed E-state index contributed by atoms with van der Waals surface area (Å²) in [7, 11) is 0. The standard InChI is InChI=1S/C10H7BrN2O2/c1-2-10(3-4-10)9-8(13(14)15)5-7(11)6-12-9/h1,5-6H,3-4H2. The number of nitro groups is 1. The van der Waals surface area contributed by atoms with Crippen molar-refractivity contribution in [1.82, 2.24) is 4.98 Å². The predicted octanol–water partition coefficient (Wildman–Crippen LogP) is 2.42. The van der Waals surface area contributed by atoms with Gasteiger partial charge in [0.05, 0.1) is 10.3 Å². The molecule has 1 aliphatic rings. The highest BCUT2D eigenvalue weighted by molar-refractivity contribution is 9.10. The van der Waals surface area contributed by atoms with E-state index in [4.69, 9.17) is 6.42 Å². The highest BCUT2D eigenvalue weighted by Crippen LogP contribution is 2.49. The number of halogens is 1. The van der Waals surface area contributed by atoms with Crippen molar-refractivity contribution in [3.63, 3.8) is 0 Å². The molecule has 0 unspecified atom stereocenters. The fourth-order valence-corrected chi connectivity index (χ4v) is 1.83. The average molecular weight is 267 g/mol. The Bertz CT molecular complexity index is 475. The smallest absolute Gasteiger partial charge is 0.258 e. The summed E-state index contributed by atoms with van der Waals surface area (Å²) in [6.45, 7) is 0. The van der Waals surface area contributed by atoms with Crippen LogP contribution in [-0.4, -0.2) is 9.91 Å². The van der Waals surface area contributed by atoms with Gasteiger partial charge < -0.3 is 0 Å². The van der Waals surface area contributed by atoms with Gasteiger partial charge in [-0.05, 0) is 28.8 Å². The third-order valence-corrected chi connectivity index (χ3v) is 2.94. The van der Waals surface area contributed by atoms with E-state index in [1.54, 1.807) is 6.20 Å². The summed E-state index contributed by atoms with van der Waals surface area (Å²) in [5.41, 5.74) is -0.0821. The summed E-state index contributed by atoms with van der Waals surface area (Å²) < 4.78 is 0.589. The predicted molar refractivity (Wildman–Crippen MR) is 58.3 cm³/mol. The average Bonchev–Trinajstić information content (AvgIpc) is 2.98. The molecule has 0 amide bonds. The number of aromatic nitrogens is 1. The molecule has 1 fully saturated rings. The SMILES string of the molecule is C#CC1(c2ncc(Br)cc2[N+](=O)[O-])CC1. The Kier molecular flexibility index (Phi) is 2.24. The van der Waals surface area contributed by atoms with Gasteiger partial charge in [-0.3, -0.25) is 15.1 Å². The minimum atomic E-state index is -0.497. The third kappa shape index (κ3) is 1.61. The minimum Gasteiger partial charge on any atom is -0.258 e. The van der Waals surface area contributed by atoms with Crippen molar-refractivity contribution in [1.29, 1.82) is 0 Å². The molecule has 0 bridgehead atoms. The van der Waals surface area contributed by atoms with Crippen molar-refractivity contribution >= 4 is 21.6 Å². The van der Waals surface area contributed by atoms with Crippen LogP contribution in [0.3, 0.4) is 0 Å². The Morgan fingerprint density at radius 2 is 2.33 bits per heavy atom. The Balaban J connectivity index is 2.57. The zero-order valence-electron chi connectivity index (χ0n) is 7.74. The number of terminal acetylenes is 1. The van der Waals surface area contributed by atoms with Crippen molar-refractivity contribution in [3.8, 4) is 12.3 Å². The quantitative estimate of drug-likeness (QED) is 0.469. The number of rotatable bonds is 2. The lowest BCUT2D eigenvalue weighted by molar-refractivity contribution is -0.386. The molecule has 0 radical (unpaired) electrons. The van der Waals surface area contributed by atoms with Crippen LogP contribution in [0.15, 0.2) is 16.7 Å². The molecule has 1 heterocycles. The fourth-order valence-electron chi connectivity index (χ4n) is 1.51. The van der Waals surface area contributed by atoms with Crippen LogP contribution in [0.25, 0.3) is 0 Å². The molecule has 0 spiro atoms. The van der Waals surface area contributed by atoms with E-state index in [-0.39, 0.29) is 5.69 Å². The summed E-state index contributed by atoms with van der Waals surface area (Å²) in [6.07, 6.45) is 8.48.